The number of benzene rings is 3. The topological polar surface area (TPSA) is 17.0 Å². The summed E-state index contributed by atoms with van der Waals surface area (Å²) in [6.07, 6.45) is 2.08. The minimum Gasteiger partial charge on any atom is -0.455 e. The van der Waals surface area contributed by atoms with Gasteiger partial charge in [0.2, 0.25) is 5.69 Å². The first-order valence-corrected chi connectivity index (χ1v) is 8.52. The highest BCUT2D eigenvalue weighted by atomic mass is 16.3. The Morgan fingerprint density at radius 2 is 1.64 bits per heavy atom. The van der Waals surface area contributed by atoms with Crippen LogP contribution in [0.2, 0.25) is 0 Å². The van der Waals surface area contributed by atoms with Crippen LogP contribution >= 0.6 is 0 Å². The van der Waals surface area contributed by atoms with Crippen LogP contribution in [0.4, 0.5) is 0 Å². The number of rotatable bonds is 1. The normalized spacial score (nSPS) is 11.6. The molecule has 2 heteroatoms. The third-order valence-corrected chi connectivity index (χ3v) is 5.04. The lowest BCUT2D eigenvalue weighted by molar-refractivity contribution is -0.660. The first kappa shape index (κ1) is 14.2. The predicted octanol–water partition coefficient (Wildman–Crippen LogP) is 5.54. The Balaban J connectivity index is 1.89. The van der Waals surface area contributed by atoms with Crippen molar-refractivity contribution in [3.05, 3.63) is 78.5 Å². The van der Waals surface area contributed by atoms with Gasteiger partial charge in [-0.25, -0.2) is 4.57 Å². The predicted molar refractivity (Wildman–Crippen MR) is 103 cm³/mol. The van der Waals surface area contributed by atoms with E-state index in [0.717, 1.165) is 11.2 Å². The zero-order chi connectivity index (χ0) is 17.0. The molecule has 0 bridgehead atoms. The van der Waals surface area contributed by atoms with Gasteiger partial charge in [0.05, 0.1) is 0 Å². The lowest BCUT2D eigenvalue weighted by Gasteiger charge is -2.04. The Kier molecular flexibility index (Phi) is 2.95. The summed E-state index contributed by atoms with van der Waals surface area (Å²) < 4.78 is 8.42. The van der Waals surface area contributed by atoms with E-state index in [1.54, 1.807) is 0 Å². The van der Waals surface area contributed by atoms with E-state index in [4.69, 9.17) is 4.42 Å². The van der Waals surface area contributed by atoms with Crippen molar-refractivity contribution in [1.29, 1.82) is 0 Å². The van der Waals surface area contributed by atoms with Crippen molar-refractivity contribution < 1.29 is 8.98 Å². The molecular formula is C23H18NO+. The maximum Gasteiger partial charge on any atom is 0.212 e. The molecule has 120 valence electrons. The van der Waals surface area contributed by atoms with Crippen LogP contribution in [0.15, 0.2) is 77.3 Å². The highest BCUT2D eigenvalue weighted by Crippen LogP contribution is 2.36. The van der Waals surface area contributed by atoms with E-state index in [1.165, 1.54) is 38.4 Å². The summed E-state index contributed by atoms with van der Waals surface area (Å²) in [4.78, 5) is 0. The SMILES string of the molecule is Cc1cc2oc3c4ccccc4ccc3c2cc1-c1cccc[n+]1C. The number of hydrogen-bond acceptors (Lipinski definition) is 1. The summed E-state index contributed by atoms with van der Waals surface area (Å²) in [7, 11) is 2.08. The Morgan fingerprint density at radius 3 is 2.52 bits per heavy atom. The molecule has 0 aliphatic carbocycles. The van der Waals surface area contributed by atoms with E-state index in [1.807, 2.05) is 0 Å². The number of pyridine rings is 1. The molecule has 0 aliphatic heterocycles. The molecule has 0 N–H and O–H groups in total. The molecule has 0 aliphatic rings. The van der Waals surface area contributed by atoms with Crippen LogP contribution in [0.3, 0.4) is 0 Å². The van der Waals surface area contributed by atoms with Crippen LogP contribution in [0.5, 0.6) is 0 Å². The maximum atomic E-state index is 6.26. The third kappa shape index (κ3) is 2.07. The van der Waals surface area contributed by atoms with Gasteiger partial charge in [0.1, 0.15) is 18.2 Å². The van der Waals surface area contributed by atoms with Crippen molar-refractivity contribution in [1.82, 2.24) is 0 Å². The minimum absolute atomic E-state index is 0.950. The lowest BCUT2D eigenvalue weighted by Crippen LogP contribution is -2.30. The largest absolute Gasteiger partial charge is 0.455 e. The van der Waals surface area contributed by atoms with Crippen LogP contribution in [0.25, 0.3) is 44.0 Å². The number of nitrogens with zero attached hydrogens (tertiary/aromatic N) is 1. The van der Waals surface area contributed by atoms with Gasteiger partial charge < -0.3 is 4.42 Å². The molecule has 0 saturated carbocycles. The van der Waals surface area contributed by atoms with Crippen LogP contribution in [0, 0.1) is 6.92 Å². The lowest BCUT2D eigenvalue weighted by atomic mass is 10.00. The van der Waals surface area contributed by atoms with E-state index in [2.05, 4.69) is 91.5 Å². The first-order valence-electron chi connectivity index (χ1n) is 8.52. The highest BCUT2D eigenvalue weighted by molar-refractivity contribution is 6.15. The van der Waals surface area contributed by atoms with E-state index in [0.29, 0.717) is 0 Å². The Hall–Kier alpha value is -3.13. The minimum atomic E-state index is 0.950. The molecule has 2 aromatic heterocycles. The van der Waals surface area contributed by atoms with Crippen molar-refractivity contribution in [2.24, 2.45) is 7.05 Å². The van der Waals surface area contributed by atoms with Gasteiger partial charge in [-0.15, -0.1) is 0 Å². The molecule has 2 nitrogen and oxygen atoms in total. The van der Waals surface area contributed by atoms with Crippen LogP contribution in [-0.4, -0.2) is 0 Å². The second-order valence-electron chi connectivity index (χ2n) is 6.63. The van der Waals surface area contributed by atoms with Crippen molar-refractivity contribution in [2.45, 2.75) is 6.92 Å². The zero-order valence-corrected chi connectivity index (χ0v) is 14.3. The van der Waals surface area contributed by atoms with Gasteiger partial charge in [0.15, 0.2) is 6.20 Å². The standard InChI is InChI=1S/C23H18NO/c1-15-13-22-20(14-19(15)21-9-5-6-12-24(21)2)18-11-10-16-7-3-4-8-17(16)23(18)25-22/h3-14H,1-2H3/q+1. The number of furan rings is 1. The summed E-state index contributed by atoms with van der Waals surface area (Å²) >= 11 is 0. The Labute approximate surface area is 145 Å². The molecule has 0 amide bonds. The van der Waals surface area contributed by atoms with Crippen LogP contribution in [-0.2, 0) is 7.05 Å². The average molecular weight is 324 g/mol. The van der Waals surface area contributed by atoms with Gasteiger partial charge in [-0.3, -0.25) is 0 Å². The summed E-state index contributed by atoms with van der Waals surface area (Å²) in [6, 6.07) is 23.5. The second kappa shape index (κ2) is 5.18. The summed E-state index contributed by atoms with van der Waals surface area (Å²) in [6.45, 7) is 2.15. The Morgan fingerprint density at radius 1 is 0.800 bits per heavy atom. The number of aromatic nitrogens is 1. The van der Waals surface area contributed by atoms with Crippen LogP contribution in [0.1, 0.15) is 5.56 Å². The monoisotopic (exact) mass is 324 g/mol. The van der Waals surface area contributed by atoms with Gasteiger partial charge in [-0.2, -0.15) is 0 Å². The quantitative estimate of drug-likeness (QED) is 0.370. The maximum absolute atomic E-state index is 6.26. The Bertz CT molecular complexity index is 1260. The number of hydrogen-bond donors (Lipinski definition) is 0. The molecule has 0 atom stereocenters. The van der Waals surface area contributed by atoms with Gasteiger partial charge in [0, 0.05) is 33.9 Å². The number of fused-ring (bicyclic) bond motifs is 5. The van der Waals surface area contributed by atoms with Gasteiger partial charge in [-0.1, -0.05) is 30.3 Å². The zero-order valence-electron chi connectivity index (χ0n) is 14.3. The van der Waals surface area contributed by atoms with Gasteiger partial charge in [0.25, 0.3) is 0 Å². The molecule has 0 unspecified atom stereocenters. The summed E-state index contributed by atoms with van der Waals surface area (Å²) in [5.41, 5.74) is 5.59. The molecule has 5 rings (SSSR count). The molecular weight excluding hydrogens is 306 g/mol. The van der Waals surface area contributed by atoms with E-state index < -0.39 is 0 Å². The van der Waals surface area contributed by atoms with Gasteiger partial charge >= 0.3 is 0 Å². The summed E-state index contributed by atoms with van der Waals surface area (Å²) in [5.74, 6) is 0. The average Bonchev–Trinajstić information content (AvgIpc) is 2.99. The van der Waals surface area contributed by atoms with E-state index in [9.17, 15) is 0 Å². The van der Waals surface area contributed by atoms with Crippen molar-refractivity contribution in [3.63, 3.8) is 0 Å². The molecule has 0 spiro atoms. The fourth-order valence-corrected chi connectivity index (χ4v) is 3.73. The molecule has 2 heterocycles. The molecule has 5 aromatic rings. The van der Waals surface area contributed by atoms with Crippen molar-refractivity contribution in [2.75, 3.05) is 0 Å². The fourth-order valence-electron chi connectivity index (χ4n) is 3.73. The molecule has 3 aromatic carbocycles. The highest BCUT2D eigenvalue weighted by Gasteiger charge is 2.16. The molecule has 25 heavy (non-hydrogen) atoms. The van der Waals surface area contributed by atoms with E-state index in [-0.39, 0.29) is 0 Å². The smallest absolute Gasteiger partial charge is 0.212 e. The van der Waals surface area contributed by atoms with Crippen molar-refractivity contribution >= 4 is 32.7 Å². The fraction of sp³-hybridized carbons (Fsp3) is 0.0870. The van der Waals surface area contributed by atoms with Gasteiger partial charge in [-0.05, 0) is 42.1 Å². The molecule has 0 radical (unpaired) electrons. The van der Waals surface area contributed by atoms with Crippen molar-refractivity contribution in [3.8, 4) is 11.3 Å². The van der Waals surface area contributed by atoms with E-state index >= 15 is 0 Å². The third-order valence-electron chi connectivity index (χ3n) is 5.04. The first-order chi connectivity index (χ1) is 12.2. The second-order valence-corrected chi connectivity index (χ2v) is 6.63. The number of aryl methyl sites for hydroxylation is 2. The summed E-state index contributed by atoms with van der Waals surface area (Å²) in [5, 5.41) is 4.72. The molecule has 0 saturated heterocycles. The molecule has 0 fully saturated rings. The van der Waals surface area contributed by atoms with Crippen LogP contribution < -0.4 is 4.57 Å².